The van der Waals surface area contributed by atoms with Gasteiger partial charge in [0, 0.05) is 23.9 Å². The second kappa shape index (κ2) is 7.42. The van der Waals surface area contributed by atoms with Crippen molar-refractivity contribution in [2.45, 2.75) is 45.6 Å². The van der Waals surface area contributed by atoms with Crippen LogP contribution in [0.5, 0.6) is 5.75 Å². The van der Waals surface area contributed by atoms with Crippen LogP contribution in [-0.4, -0.2) is 17.5 Å². The summed E-state index contributed by atoms with van der Waals surface area (Å²) in [6.45, 7) is 3.19. The van der Waals surface area contributed by atoms with Crippen LogP contribution in [-0.2, 0) is 16.6 Å². The average Bonchev–Trinajstić information content (AvgIpc) is 2.96. The topological polar surface area (TPSA) is 64.4 Å². The van der Waals surface area contributed by atoms with Crippen molar-refractivity contribution in [3.8, 4) is 5.75 Å². The summed E-state index contributed by atoms with van der Waals surface area (Å²) in [6, 6.07) is 5.73. The summed E-state index contributed by atoms with van der Waals surface area (Å²) >= 11 is 0. The monoisotopic (exact) mass is 338 g/mol. The largest absolute Gasteiger partial charge is 0.445 e. The molecule has 0 unspecified atom stereocenters. The van der Waals surface area contributed by atoms with E-state index in [2.05, 4.69) is 15.0 Å². The van der Waals surface area contributed by atoms with Gasteiger partial charge in [-0.3, -0.25) is 4.79 Å². The zero-order valence-electron chi connectivity index (χ0n) is 13.8. The van der Waals surface area contributed by atoms with Gasteiger partial charge >= 0.3 is 6.61 Å². The number of alkyl halides is 2. The Hall–Kier alpha value is -2.44. The molecule has 0 radical (unpaired) electrons. The fourth-order valence-electron chi connectivity index (χ4n) is 1.94. The first-order chi connectivity index (χ1) is 11.2. The summed E-state index contributed by atoms with van der Waals surface area (Å²) in [5.74, 6) is 1.11. The van der Waals surface area contributed by atoms with Crippen molar-refractivity contribution >= 4 is 11.6 Å². The number of anilines is 1. The number of aromatic nitrogens is 1. The molecular formula is C17H20F2N2O3. The minimum Gasteiger partial charge on any atom is -0.445 e. The highest BCUT2D eigenvalue weighted by molar-refractivity contribution is 5.90. The smallest absolute Gasteiger partial charge is 0.387 e. The molecule has 7 heteroatoms. The normalized spacial score (nSPS) is 11.6. The molecule has 0 aliphatic heterocycles. The zero-order valence-corrected chi connectivity index (χ0v) is 13.8. The van der Waals surface area contributed by atoms with E-state index in [4.69, 9.17) is 4.42 Å². The average molecular weight is 338 g/mol. The van der Waals surface area contributed by atoms with E-state index < -0.39 is 6.61 Å². The first-order valence-electron chi connectivity index (χ1n) is 7.54. The Kier molecular flexibility index (Phi) is 5.54. The predicted molar refractivity (Wildman–Crippen MR) is 85.2 cm³/mol. The van der Waals surface area contributed by atoms with Crippen molar-refractivity contribution in [3.05, 3.63) is 42.1 Å². The van der Waals surface area contributed by atoms with Crippen molar-refractivity contribution in [2.24, 2.45) is 0 Å². The Bertz CT molecular complexity index is 676. The molecule has 0 aliphatic rings. The van der Waals surface area contributed by atoms with Crippen LogP contribution in [0.4, 0.5) is 14.5 Å². The van der Waals surface area contributed by atoms with Crippen LogP contribution in [0.2, 0.25) is 0 Å². The molecule has 0 spiro atoms. The highest BCUT2D eigenvalue weighted by Crippen LogP contribution is 2.23. The molecule has 0 fully saturated rings. The number of nitrogens with zero attached hydrogens (tertiary/aromatic N) is 1. The van der Waals surface area contributed by atoms with E-state index in [1.165, 1.54) is 24.3 Å². The number of rotatable bonds is 6. The Morgan fingerprint density at radius 1 is 1.29 bits per heavy atom. The molecule has 0 atom stereocenters. The van der Waals surface area contributed by atoms with Crippen molar-refractivity contribution in [3.63, 3.8) is 0 Å². The molecule has 2 aromatic rings. The summed E-state index contributed by atoms with van der Waals surface area (Å²) in [4.78, 5) is 16.1. The molecule has 1 aromatic carbocycles. The number of halogens is 2. The second-order valence-corrected chi connectivity index (χ2v) is 6.32. The number of carbonyl (C=O) groups excluding carboxylic acids is 1. The van der Waals surface area contributed by atoms with Crippen molar-refractivity contribution in [1.29, 1.82) is 0 Å². The molecule has 24 heavy (non-hydrogen) atoms. The first-order valence-corrected chi connectivity index (χ1v) is 7.54. The van der Waals surface area contributed by atoms with E-state index in [1.54, 1.807) is 6.20 Å². The first kappa shape index (κ1) is 17.9. The van der Waals surface area contributed by atoms with Gasteiger partial charge in [-0.2, -0.15) is 8.78 Å². The molecule has 130 valence electrons. The number of benzene rings is 1. The van der Waals surface area contributed by atoms with Gasteiger partial charge in [-0.25, -0.2) is 4.98 Å². The van der Waals surface area contributed by atoms with Crippen LogP contribution in [0.1, 0.15) is 38.8 Å². The highest BCUT2D eigenvalue weighted by atomic mass is 19.3. The van der Waals surface area contributed by atoms with E-state index in [0.29, 0.717) is 18.0 Å². The molecule has 0 saturated carbocycles. The number of ether oxygens (including phenoxy) is 1. The second-order valence-electron chi connectivity index (χ2n) is 6.32. The third kappa shape index (κ3) is 5.33. The van der Waals surface area contributed by atoms with Gasteiger partial charge in [0.05, 0.1) is 6.20 Å². The van der Waals surface area contributed by atoms with Crippen molar-refractivity contribution < 1.29 is 22.7 Å². The molecule has 1 heterocycles. The van der Waals surface area contributed by atoms with Crippen molar-refractivity contribution in [1.82, 2.24) is 4.98 Å². The standard InChI is InChI=1S/C17H20F2N2O3/c1-17(2,3)13-10-20-15(24-13)9-8-14(22)21-11-4-6-12(7-5-11)23-16(18)19/h4-7,10,16H,8-9H2,1-3H3,(H,21,22). The minimum atomic E-state index is -2.87. The molecule has 1 amide bonds. The fourth-order valence-corrected chi connectivity index (χ4v) is 1.94. The predicted octanol–water partition coefficient (Wildman–Crippen LogP) is 4.14. The Morgan fingerprint density at radius 3 is 2.50 bits per heavy atom. The van der Waals surface area contributed by atoms with Crippen LogP contribution >= 0.6 is 0 Å². The third-order valence-electron chi connectivity index (χ3n) is 3.22. The van der Waals surface area contributed by atoms with Crippen LogP contribution in [0.15, 0.2) is 34.9 Å². The van der Waals surface area contributed by atoms with Gasteiger partial charge in [0.15, 0.2) is 5.89 Å². The molecule has 5 nitrogen and oxygen atoms in total. The number of aryl methyl sites for hydroxylation is 1. The summed E-state index contributed by atoms with van der Waals surface area (Å²) in [7, 11) is 0. The quantitative estimate of drug-likeness (QED) is 0.859. The van der Waals surface area contributed by atoms with Gasteiger partial charge in [-0.05, 0) is 24.3 Å². The SMILES string of the molecule is CC(C)(C)c1cnc(CCC(=O)Nc2ccc(OC(F)F)cc2)o1. The summed E-state index contributed by atoms with van der Waals surface area (Å²) in [5.41, 5.74) is 0.375. The van der Waals surface area contributed by atoms with Crippen molar-refractivity contribution in [2.75, 3.05) is 5.32 Å². The molecule has 0 saturated heterocycles. The molecule has 2 rings (SSSR count). The van der Waals surface area contributed by atoms with E-state index in [1.807, 2.05) is 20.8 Å². The summed E-state index contributed by atoms with van der Waals surface area (Å²) < 4.78 is 34.0. The van der Waals surface area contributed by atoms with E-state index in [-0.39, 0.29) is 23.5 Å². The molecular weight excluding hydrogens is 318 g/mol. The van der Waals surface area contributed by atoms with E-state index >= 15 is 0 Å². The Balaban J connectivity index is 1.84. The molecule has 0 bridgehead atoms. The van der Waals surface area contributed by atoms with E-state index in [9.17, 15) is 13.6 Å². The number of nitrogens with one attached hydrogen (secondary N) is 1. The lowest BCUT2D eigenvalue weighted by atomic mass is 9.94. The third-order valence-corrected chi connectivity index (χ3v) is 3.22. The molecule has 0 aliphatic carbocycles. The molecule has 1 aromatic heterocycles. The number of carbonyl (C=O) groups is 1. The van der Waals surface area contributed by atoms with Gasteiger partial charge in [-0.15, -0.1) is 0 Å². The number of hydrogen-bond donors (Lipinski definition) is 1. The van der Waals surface area contributed by atoms with Gasteiger partial charge in [0.25, 0.3) is 0 Å². The van der Waals surface area contributed by atoms with Crippen LogP contribution < -0.4 is 10.1 Å². The maximum absolute atomic E-state index is 12.1. The van der Waals surface area contributed by atoms with E-state index in [0.717, 1.165) is 5.76 Å². The summed E-state index contributed by atoms with van der Waals surface area (Å²) in [6.07, 6.45) is 2.27. The number of hydrogen-bond acceptors (Lipinski definition) is 4. The van der Waals surface area contributed by atoms with Gasteiger partial charge in [0.2, 0.25) is 5.91 Å². The summed E-state index contributed by atoms with van der Waals surface area (Å²) in [5, 5.41) is 2.68. The Labute approximate surface area is 139 Å². The lowest BCUT2D eigenvalue weighted by Gasteiger charge is -2.13. The molecule has 1 N–H and O–H groups in total. The highest BCUT2D eigenvalue weighted by Gasteiger charge is 2.19. The van der Waals surface area contributed by atoms with Gasteiger partial charge in [-0.1, -0.05) is 20.8 Å². The maximum atomic E-state index is 12.1. The lowest BCUT2D eigenvalue weighted by Crippen LogP contribution is -2.12. The van der Waals surface area contributed by atoms with Gasteiger partial charge in [0.1, 0.15) is 11.5 Å². The van der Waals surface area contributed by atoms with Crippen LogP contribution in [0, 0.1) is 0 Å². The number of amides is 1. The Morgan fingerprint density at radius 2 is 1.96 bits per heavy atom. The minimum absolute atomic E-state index is 0.0393. The fraction of sp³-hybridized carbons (Fsp3) is 0.412. The maximum Gasteiger partial charge on any atom is 0.387 e. The zero-order chi connectivity index (χ0) is 17.7. The number of oxazole rings is 1. The van der Waals surface area contributed by atoms with Crippen LogP contribution in [0.3, 0.4) is 0 Å². The lowest BCUT2D eigenvalue weighted by molar-refractivity contribution is -0.116. The van der Waals surface area contributed by atoms with Crippen LogP contribution in [0.25, 0.3) is 0 Å². The van der Waals surface area contributed by atoms with Gasteiger partial charge < -0.3 is 14.5 Å².